The molecule has 6 heteroatoms. The van der Waals surface area contributed by atoms with E-state index in [1.807, 2.05) is 55.5 Å². The van der Waals surface area contributed by atoms with E-state index in [0.29, 0.717) is 18.0 Å². The van der Waals surface area contributed by atoms with E-state index in [1.165, 1.54) is 16.9 Å². The van der Waals surface area contributed by atoms with Crippen molar-refractivity contribution < 1.29 is 9.53 Å². The van der Waals surface area contributed by atoms with Crippen LogP contribution in [0.5, 0.6) is 5.75 Å². The molecule has 24 heavy (non-hydrogen) atoms. The fraction of sp³-hybridized carbons (Fsp3) is 0.111. The van der Waals surface area contributed by atoms with Crippen LogP contribution < -0.4 is 10.1 Å². The van der Waals surface area contributed by atoms with Crippen molar-refractivity contribution in [3.63, 3.8) is 0 Å². The SMILES string of the molecule is Cc1ccc(OCc2nc(C(=O)Nc3ccccc3Br)cs2)cc1. The lowest BCUT2D eigenvalue weighted by Gasteiger charge is -2.05. The number of aryl methyl sites for hydroxylation is 1. The summed E-state index contributed by atoms with van der Waals surface area (Å²) in [7, 11) is 0. The van der Waals surface area contributed by atoms with Gasteiger partial charge in [-0.3, -0.25) is 4.79 Å². The van der Waals surface area contributed by atoms with Crippen molar-refractivity contribution in [2.75, 3.05) is 5.32 Å². The molecule has 0 saturated heterocycles. The molecular weight excluding hydrogens is 388 g/mol. The van der Waals surface area contributed by atoms with Gasteiger partial charge in [0.15, 0.2) is 0 Å². The van der Waals surface area contributed by atoms with Crippen molar-refractivity contribution in [1.29, 1.82) is 0 Å². The number of benzene rings is 2. The summed E-state index contributed by atoms with van der Waals surface area (Å²) in [6, 6.07) is 15.3. The second-order valence-corrected chi connectivity index (χ2v) is 6.96. The zero-order valence-corrected chi connectivity index (χ0v) is 15.4. The smallest absolute Gasteiger partial charge is 0.275 e. The zero-order chi connectivity index (χ0) is 16.9. The van der Waals surface area contributed by atoms with Crippen LogP contribution in [-0.4, -0.2) is 10.9 Å². The van der Waals surface area contributed by atoms with Crippen LogP contribution in [0, 0.1) is 6.92 Å². The molecule has 0 aliphatic carbocycles. The van der Waals surface area contributed by atoms with Gasteiger partial charge >= 0.3 is 0 Å². The quantitative estimate of drug-likeness (QED) is 0.649. The van der Waals surface area contributed by atoms with Gasteiger partial charge in [-0.05, 0) is 47.1 Å². The predicted molar refractivity (Wildman–Crippen MR) is 99.7 cm³/mol. The van der Waals surface area contributed by atoms with Crippen molar-refractivity contribution in [2.45, 2.75) is 13.5 Å². The minimum absolute atomic E-state index is 0.236. The van der Waals surface area contributed by atoms with E-state index in [4.69, 9.17) is 4.74 Å². The lowest BCUT2D eigenvalue weighted by atomic mass is 10.2. The number of hydrogen-bond acceptors (Lipinski definition) is 4. The van der Waals surface area contributed by atoms with Crippen molar-refractivity contribution in [3.05, 3.63) is 74.6 Å². The van der Waals surface area contributed by atoms with Crippen molar-refractivity contribution in [3.8, 4) is 5.75 Å². The first-order valence-electron chi connectivity index (χ1n) is 7.31. The molecule has 3 rings (SSSR count). The minimum Gasteiger partial charge on any atom is -0.486 e. The summed E-state index contributed by atoms with van der Waals surface area (Å²) in [6.45, 7) is 2.37. The maximum Gasteiger partial charge on any atom is 0.275 e. The number of para-hydroxylation sites is 1. The minimum atomic E-state index is -0.236. The number of carbonyl (C=O) groups excluding carboxylic acids is 1. The van der Waals surface area contributed by atoms with E-state index < -0.39 is 0 Å². The van der Waals surface area contributed by atoms with E-state index >= 15 is 0 Å². The number of ether oxygens (including phenoxy) is 1. The number of halogens is 1. The van der Waals surface area contributed by atoms with Crippen LogP contribution in [0.1, 0.15) is 21.1 Å². The highest BCUT2D eigenvalue weighted by atomic mass is 79.9. The average Bonchev–Trinajstić information content (AvgIpc) is 3.06. The Kier molecular flexibility index (Phi) is 5.27. The molecule has 122 valence electrons. The Morgan fingerprint density at radius 1 is 1.21 bits per heavy atom. The summed E-state index contributed by atoms with van der Waals surface area (Å²) >= 11 is 4.81. The van der Waals surface area contributed by atoms with Gasteiger partial charge in [-0.25, -0.2) is 4.98 Å². The van der Waals surface area contributed by atoms with Crippen molar-refractivity contribution >= 4 is 38.9 Å². The third-order valence-electron chi connectivity index (χ3n) is 3.29. The maximum atomic E-state index is 12.3. The molecular formula is C18H15BrN2O2S. The summed E-state index contributed by atoms with van der Waals surface area (Å²) in [5.41, 5.74) is 2.29. The first-order chi connectivity index (χ1) is 11.6. The largest absolute Gasteiger partial charge is 0.486 e. The molecule has 1 amide bonds. The van der Waals surface area contributed by atoms with Crippen LogP contribution in [0.4, 0.5) is 5.69 Å². The number of hydrogen-bond donors (Lipinski definition) is 1. The van der Waals surface area contributed by atoms with E-state index in [1.54, 1.807) is 5.38 Å². The van der Waals surface area contributed by atoms with E-state index in [2.05, 4.69) is 26.2 Å². The first kappa shape index (κ1) is 16.7. The summed E-state index contributed by atoms with van der Waals surface area (Å²) in [5, 5.41) is 5.33. The van der Waals surface area contributed by atoms with Gasteiger partial charge in [-0.2, -0.15) is 0 Å². The number of anilines is 1. The molecule has 0 aliphatic heterocycles. The number of amides is 1. The number of rotatable bonds is 5. The number of carbonyl (C=O) groups is 1. The summed E-state index contributed by atoms with van der Waals surface area (Å²) in [4.78, 5) is 16.6. The van der Waals surface area contributed by atoms with Crippen LogP contribution in [-0.2, 0) is 6.61 Å². The molecule has 2 aromatic carbocycles. The third-order valence-corrected chi connectivity index (χ3v) is 4.80. The second-order valence-electron chi connectivity index (χ2n) is 5.16. The van der Waals surface area contributed by atoms with Crippen molar-refractivity contribution in [2.24, 2.45) is 0 Å². The fourth-order valence-electron chi connectivity index (χ4n) is 2.01. The highest BCUT2D eigenvalue weighted by molar-refractivity contribution is 9.10. The van der Waals surface area contributed by atoms with Gasteiger partial charge in [-0.1, -0.05) is 29.8 Å². The third kappa shape index (κ3) is 4.21. The number of aromatic nitrogens is 1. The van der Waals surface area contributed by atoms with Crippen LogP contribution in [0.25, 0.3) is 0 Å². The fourth-order valence-corrected chi connectivity index (χ4v) is 3.08. The topological polar surface area (TPSA) is 51.2 Å². The van der Waals surface area contributed by atoms with Gasteiger partial charge in [0.05, 0.1) is 5.69 Å². The van der Waals surface area contributed by atoms with Gasteiger partial charge < -0.3 is 10.1 Å². The Balaban J connectivity index is 1.61. The van der Waals surface area contributed by atoms with Crippen LogP contribution in [0.15, 0.2) is 58.4 Å². The summed E-state index contributed by atoms with van der Waals surface area (Å²) < 4.78 is 6.52. The van der Waals surface area contributed by atoms with Gasteiger partial charge in [0.1, 0.15) is 23.1 Å². The molecule has 0 fully saturated rings. The second kappa shape index (κ2) is 7.59. The molecule has 0 saturated carbocycles. The first-order valence-corrected chi connectivity index (χ1v) is 8.99. The summed E-state index contributed by atoms with van der Waals surface area (Å²) in [5.74, 6) is 0.551. The van der Waals surface area contributed by atoms with E-state index in [-0.39, 0.29) is 5.91 Å². The van der Waals surface area contributed by atoms with Gasteiger partial charge in [0, 0.05) is 9.85 Å². The standard InChI is InChI=1S/C18H15BrN2O2S/c1-12-6-8-13(9-7-12)23-10-17-20-16(11-24-17)18(22)21-15-5-3-2-4-14(15)19/h2-9,11H,10H2,1H3,(H,21,22). The number of thiazole rings is 1. The lowest BCUT2D eigenvalue weighted by molar-refractivity contribution is 0.102. The Morgan fingerprint density at radius 3 is 2.71 bits per heavy atom. The molecule has 1 N–H and O–H groups in total. The highest BCUT2D eigenvalue weighted by Gasteiger charge is 2.12. The van der Waals surface area contributed by atoms with Crippen LogP contribution in [0.2, 0.25) is 0 Å². The number of nitrogens with zero attached hydrogens (tertiary/aromatic N) is 1. The average molecular weight is 403 g/mol. The molecule has 1 aromatic heterocycles. The maximum absolute atomic E-state index is 12.3. The van der Waals surface area contributed by atoms with Gasteiger partial charge in [0.2, 0.25) is 0 Å². The van der Waals surface area contributed by atoms with Crippen LogP contribution >= 0.6 is 27.3 Å². The Bertz CT molecular complexity index is 846. The van der Waals surface area contributed by atoms with Crippen molar-refractivity contribution in [1.82, 2.24) is 4.98 Å². The molecule has 0 bridgehead atoms. The van der Waals surface area contributed by atoms with E-state index in [9.17, 15) is 4.79 Å². The molecule has 0 atom stereocenters. The molecule has 0 radical (unpaired) electrons. The monoisotopic (exact) mass is 402 g/mol. The molecule has 0 spiro atoms. The lowest BCUT2D eigenvalue weighted by Crippen LogP contribution is -2.12. The Hall–Kier alpha value is -2.18. The summed E-state index contributed by atoms with van der Waals surface area (Å²) in [6.07, 6.45) is 0. The molecule has 0 unspecified atom stereocenters. The Labute approximate surface area is 152 Å². The highest BCUT2D eigenvalue weighted by Crippen LogP contribution is 2.22. The normalized spacial score (nSPS) is 10.4. The molecule has 0 aliphatic rings. The molecule has 4 nitrogen and oxygen atoms in total. The molecule has 3 aromatic rings. The zero-order valence-electron chi connectivity index (χ0n) is 13.0. The van der Waals surface area contributed by atoms with E-state index in [0.717, 1.165) is 15.2 Å². The van der Waals surface area contributed by atoms with Gasteiger partial charge in [-0.15, -0.1) is 11.3 Å². The Morgan fingerprint density at radius 2 is 1.96 bits per heavy atom. The molecule has 1 heterocycles. The predicted octanol–water partition coefficient (Wildman–Crippen LogP) is 5.05. The van der Waals surface area contributed by atoms with Crippen LogP contribution in [0.3, 0.4) is 0 Å². The number of nitrogens with one attached hydrogen (secondary N) is 1. The van der Waals surface area contributed by atoms with Gasteiger partial charge in [0.25, 0.3) is 5.91 Å².